The van der Waals surface area contributed by atoms with Gasteiger partial charge in [-0.05, 0) is 12.1 Å². The zero-order valence-electron chi connectivity index (χ0n) is 12.9. The van der Waals surface area contributed by atoms with E-state index in [1.807, 2.05) is 21.1 Å². The molecule has 0 saturated carbocycles. The van der Waals surface area contributed by atoms with Crippen molar-refractivity contribution in [2.24, 2.45) is 0 Å². The van der Waals surface area contributed by atoms with Gasteiger partial charge in [-0.15, -0.1) is 0 Å². The van der Waals surface area contributed by atoms with Crippen molar-refractivity contribution in [3.05, 3.63) is 30.3 Å². The third kappa shape index (κ3) is 10.7. The first kappa shape index (κ1) is 21.0. The maximum Gasteiger partial charge on any atom is 0.297 e. The Bertz CT molecular complexity index is 634. The minimum Gasteiger partial charge on any atom is -0.726 e. The van der Waals surface area contributed by atoms with Gasteiger partial charge >= 0.3 is 0 Å². The molecule has 0 aromatic heterocycles. The Hall–Kier alpha value is -1.04. The fourth-order valence-corrected chi connectivity index (χ4v) is 2.00. The molecule has 0 atom stereocenters. The van der Waals surface area contributed by atoms with Crippen molar-refractivity contribution in [1.82, 2.24) is 0 Å². The monoisotopic (exact) mass is 355 g/mol. The summed E-state index contributed by atoms with van der Waals surface area (Å²) >= 11 is 0. The van der Waals surface area contributed by atoms with Gasteiger partial charge in [0.2, 0.25) is 10.4 Å². The van der Waals surface area contributed by atoms with Crippen LogP contribution in [0, 0.1) is 0 Å². The number of benzene rings is 1. The molecule has 0 bridgehead atoms. The Balaban J connectivity index is 0.000000626. The van der Waals surface area contributed by atoms with Gasteiger partial charge in [-0.25, -0.2) is 8.42 Å². The van der Waals surface area contributed by atoms with Crippen molar-refractivity contribution >= 4 is 20.5 Å². The van der Waals surface area contributed by atoms with Gasteiger partial charge in [0.15, 0.2) is 0 Å². The Morgan fingerprint density at radius 1 is 1.05 bits per heavy atom. The van der Waals surface area contributed by atoms with Gasteiger partial charge in [0, 0.05) is 0 Å². The maximum atomic E-state index is 11.7. The van der Waals surface area contributed by atoms with Gasteiger partial charge in [-0.2, -0.15) is 8.42 Å². The zero-order valence-corrected chi connectivity index (χ0v) is 14.6. The van der Waals surface area contributed by atoms with Gasteiger partial charge < -0.3 is 9.04 Å². The van der Waals surface area contributed by atoms with Gasteiger partial charge in [-0.1, -0.05) is 18.2 Å². The van der Waals surface area contributed by atoms with Gasteiger partial charge in [0.25, 0.3) is 10.1 Å². The van der Waals surface area contributed by atoms with E-state index in [-0.39, 0.29) is 11.5 Å². The van der Waals surface area contributed by atoms with E-state index in [0.29, 0.717) is 11.0 Å². The first-order valence-electron chi connectivity index (χ1n) is 6.14. The van der Waals surface area contributed by atoms with Crippen LogP contribution < -0.4 is 0 Å². The van der Waals surface area contributed by atoms with Crippen molar-refractivity contribution in [3.63, 3.8) is 0 Å². The van der Waals surface area contributed by atoms with Crippen molar-refractivity contribution < 1.29 is 34.2 Å². The van der Waals surface area contributed by atoms with E-state index >= 15 is 0 Å². The summed E-state index contributed by atoms with van der Waals surface area (Å²) in [4.78, 5) is 0.205. The van der Waals surface area contributed by atoms with E-state index < -0.39 is 20.5 Å². The van der Waals surface area contributed by atoms with Gasteiger partial charge in [0.05, 0.1) is 33.1 Å². The highest BCUT2D eigenvalue weighted by molar-refractivity contribution is 7.86. The molecule has 128 valence electrons. The smallest absolute Gasteiger partial charge is 0.297 e. The van der Waals surface area contributed by atoms with Crippen LogP contribution in [0.25, 0.3) is 0 Å². The molecule has 22 heavy (non-hydrogen) atoms. The number of hydrogen-bond acceptors (Lipinski definition) is 7. The quantitative estimate of drug-likeness (QED) is 0.310. The van der Waals surface area contributed by atoms with Crippen LogP contribution in [-0.4, -0.2) is 67.3 Å². The normalized spacial score (nSPS) is 12.4. The van der Waals surface area contributed by atoms with Crippen LogP contribution in [0.1, 0.15) is 0 Å². The highest BCUT2D eigenvalue weighted by Crippen LogP contribution is 2.11. The molecule has 0 aliphatic rings. The molecule has 1 rings (SSSR count). The molecule has 0 fully saturated rings. The van der Waals surface area contributed by atoms with Crippen LogP contribution in [0.15, 0.2) is 35.2 Å². The summed E-state index contributed by atoms with van der Waals surface area (Å²) in [5.41, 5.74) is 0. The lowest BCUT2D eigenvalue weighted by Crippen LogP contribution is -2.38. The summed E-state index contributed by atoms with van der Waals surface area (Å²) in [5.74, 6) is 0. The molecule has 10 heteroatoms. The maximum absolute atomic E-state index is 11.7. The van der Waals surface area contributed by atoms with Crippen LogP contribution in [0.5, 0.6) is 0 Å². The largest absolute Gasteiger partial charge is 0.726 e. The lowest BCUT2D eigenvalue weighted by molar-refractivity contribution is -0.870. The third-order valence-corrected chi connectivity index (χ3v) is 3.97. The predicted molar refractivity (Wildman–Crippen MR) is 79.2 cm³/mol. The number of likely N-dealkylation sites (N-methyl/N-ethyl adjacent to an activating group) is 1. The highest BCUT2D eigenvalue weighted by Gasteiger charge is 2.16. The Labute approximate surface area is 131 Å². The molecule has 1 aromatic rings. The first-order chi connectivity index (χ1) is 9.87. The third-order valence-electron chi connectivity index (χ3n) is 2.24. The van der Waals surface area contributed by atoms with E-state index in [9.17, 15) is 21.4 Å². The van der Waals surface area contributed by atoms with E-state index in [2.05, 4.69) is 4.18 Å². The average molecular weight is 355 g/mol. The summed E-state index contributed by atoms with van der Waals surface area (Å²) in [7, 11) is -1.24. The summed E-state index contributed by atoms with van der Waals surface area (Å²) in [5, 5.41) is 0. The molecule has 0 unspecified atom stereocenters. The van der Waals surface area contributed by atoms with Crippen molar-refractivity contribution in [2.75, 3.05) is 41.4 Å². The van der Waals surface area contributed by atoms with E-state index in [4.69, 9.17) is 4.18 Å². The lowest BCUT2D eigenvalue weighted by atomic mass is 10.4. The van der Waals surface area contributed by atoms with Crippen LogP contribution in [0.3, 0.4) is 0 Å². The second-order valence-corrected chi connectivity index (χ2v) is 7.94. The number of nitrogens with zero attached hydrogens (tertiary/aromatic N) is 1. The summed E-state index contributed by atoms with van der Waals surface area (Å²) in [6, 6.07) is 8.18. The Morgan fingerprint density at radius 3 is 1.86 bits per heavy atom. The average Bonchev–Trinajstić information content (AvgIpc) is 2.38. The predicted octanol–water partition coefficient (Wildman–Crippen LogP) is 0.191. The van der Waals surface area contributed by atoms with Crippen LogP contribution in [0.2, 0.25) is 0 Å². The molecule has 0 aliphatic carbocycles. The van der Waals surface area contributed by atoms with Gasteiger partial charge in [-0.3, -0.25) is 8.37 Å². The van der Waals surface area contributed by atoms with Crippen molar-refractivity contribution in [3.8, 4) is 0 Å². The highest BCUT2D eigenvalue weighted by atomic mass is 32.3. The zero-order chi connectivity index (χ0) is 17.4. The molecule has 1 aromatic carbocycles. The minimum absolute atomic E-state index is 0.195. The number of hydrogen-bond donors (Lipinski definition) is 0. The number of quaternary nitrogens is 1. The van der Waals surface area contributed by atoms with Crippen LogP contribution in [0.4, 0.5) is 0 Å². The summed E-state index contributed by atoms with van der Waals surface area (Å²) in [6.07, 6.45) is 0. The SMILES string of the molecule is COS(=O)(=O)[O-].C[N+](C)(C)CCOS(=O)(=O)c1ccccc1. The molecule has 8 nitrogen and oxygen atoms in total. The Kier molecular flexibility index (Phi) is 8.15. The number of rotatable bonds is 6. The molecule has 0 N–H and O–H groups in total. The molecule has 0 radical (unpaired) electrons. The van der Waals surface area contributed by atoms with Crippen LogP contribution >= 0.6 is 0 Å². The molecule has 0 aliphatic heterocycles. The first-order valence-corrected chi connectivity index (χ1v) is 8.88. The summed E-state index contributed by atoms with van der Waals surface area (Å²) in [6.45, 7) is 0.840. The van der Waals surface area contributed by atoms with E-state index in [1.165, 1.54) is 12.1 Å². The van der Waals surface area contributed by atoms with Crippen molar-refractivity contribution in [1.29, 1.82) is 0 Å². The van der Waals surface area contributed by atoms with E-state index in [0.717, 1.165) is 7.11 Å². The molecule has 0 amide bonds. The Morgan fingerprint density at radius 2 is 1.50 bits per heavy atom. The second-order valence-electron chi connectivity index (χ2n) is 5.18. The molecule has 0 saturated heterocycles. The second kappa shape index (κ2) is 8.56. The van der Waals surface area contributed by atoms with Crippen molar-refractivity contribution in [2.45, 2.75) is 4.90 Å². The topological polar surface area (TPSA) is 110 Å². The molecule has 0 heterocycles. The van der Waals surface area contributed by atoms with Gasteiger partial charge in [0.1, 0.15) is 13.2 Å². The molecular formula is C12H21NO7S2. The van der Waals surface area contributed by atoms with Crippen LogP contribution in [-0.2, 0) is 28.9 Å². The fourth-order valence-electron chi connectivity index (χ4n) is 1.08. The summed E-state index contributed by atoms with van der Waals surface area (Å²) < 4.78 is 60.0. The minimum atomic E-state index is -4.41. The molecule has 0 spiro atoms. The fraction of sp³-hybridized carbons (Fsp3) is 0.500. The lowest BCUT2D eigenvalue weighted by Gasteiger charge is -2.23. The molecular weight excluding hydrogens is 334 g/mol. The standard InChI is InChI=1S/C11H18NO3S.CH4O4S/c1-12(2,3)9-10-15-16(13,14)11-7-5-4-6-8-11;1-5-6(2,3)4/h4-8H,9-10H2,1-3H3;1H3,(H,2,3,4)/q+1;/p-1. The van der Waals surface area contributed by atoms with E-state index in [1.54, 1.807) is 18.2 Å².